The van der Waals surface area contributed by atoms with Crippen molar-refractivity contribution in [3.63, 3.8) is 0 Å². The van der Waals surface area contributed by atoms with Crippen LogP contribution in [0.4, 0.5) is 0 Å². The minimum atomic E-state index is -3.42. The van der Waals surface area contributed by atoms with Crippen LogP contribution in [-0.4, -0.2) is 36.9 Å². The van der Waals surface area contributed by atoms with Crippen LogP contribution >= 0.6 is 0 Å². The van der Waals surface area contributed by atoms with Gasteiger partial charge in [-0.25, -0.2) is 8.42 Å². The van der Waals surface area contributed by atoms with Gasteiger partial charge in [0.25, 0.3) is 0 Å². The summed E-state index contributed by atoms with van der Waals surface area (Å²) in [5.74, 6) is 0.738. The molecular weight excluding hydrogens is 336 g/mol. The number of rotatable bonds is 5. The Labute approximate surface area is 149 Å². The zero-order valence-corrected chi connectivity index (χ0v) is 15.5. The minimum absolute atomic E-state index is 0.0263. The monoisotopic (exact) mass is 360 g/mol. The Bertz CT molecular complexity index is 794. The van der Waals surface area contributed by atoms with Crippen LogP contribution in [0, 0.1) is 6.92 Å². The maximum absolute atomic E-state index is 12.8. The van der Waals surface area contributed by atoms with Crippen molar-refractivity contribution < 1.29 is 13.2 Å². The lowest BCUT2D eigenvalue weighted by Crippen LogP contribution is -2.41. The molecule has 0 atom stereocenters. The molecule has 1 saturated heterocycles. The van der Waals surface area contributed by atoms with E-state index < -0.39 is 10.0 Å². The highest BCUT2D eigenvalue weighted by Gasteiger charge is 2.30. The molecule has 3 rings (SSSR count). The van der Waals surface area contributed by atoms with E-state index in [4.69, 9.17) is 4.74 Å². The third-order valence-corrected chi connectivity index (χ3v) is 6.47. The first kappa shape index (κ1) is 17.9. The van der Waals surface area contributed by atoms with E-state index in [0.29, 0.717) is 30.8 Å². The summed E-state index contributed by atoms with van der Waals surface area (Å²) in [5, 5.41) is 0. The fraction of sp³-hybridized carbons (Fsp3) is 0.421. The third kappa shape index (κ3) is 4.19. The molecule has 6 heteroatoms. The molecule has 0 aliphatic carbocycles. The summed E-state index contributed by atoms with van der Waals surface area (Å²) >= 11 is 0. The number of hydrogen-bond acceptors (Lipinski definition) is 4. The lowest BCUT2D eigenvalue weighted by Gasteiger charge is -2.31. The number of aryl methyl sites for hydroxylation is 2. The van der Waals surface area contributed by atoms with Gasteiger partial charge in [-0.2, -0.15) is 4.31 Å². The predicted molar refractivity (Wildman–Crippen MR) is 97.2 cm³/mol. The van der Waals surface area contributed by atoms with Crippen molar-refractivity contribution >= 4 is 10.0 Å². The van der Waals surface area contributed by atoms with Gasteiger partial charge in [-0.15, -0.1) is 0 Å². The highest BCUT2D eigenvalue weighted by atomic mass is 32.2. The van der Waals surface area contributed by atoms with Crippen LogP contribution in [0.2, 0.25) is 0 Å². The lowest BCUT2D eigenvalue weighted by atomic mass is 10.1. The average molecular weight is 360 g/mol. The summed E-state index contributed by atoms with van der Waals surface area (Å²) in [6, 6.07) is 11.0. The fourth-order valence-electron chi connectivity index (χ4n) is 2.95. The zero-order chi connectivity index (χ0) is 17.9. The van der Waals surface area contributed by atoms with E-state index in [1.165, 1.54) is 0 Å². The molecule has 25 heavy (non-hydrogen) atoms. The smallest absolute Gasteiger partial charge is 0.243 e. The van der Waals surface area contributed by atoms with E-state index in [0.717, 1.165) is 23.4 Å². The van der Waals surface area contributed by atoms with Gasteiger partial charge < -0.3 is 4.74 Å². The van der Waals surface area contributed by atoms with Gasteiger partial charge in [0.15, 0.2) is 0 Å². The first-order valence-corrected chi connectivity index (χ1v) is 10.1. The quantitative estimate of drug-likeness (QED) is 0.822. The molecule has 1 fully saturated rings. The van der Waals surface area contributed by atoms with Gasteiger partial charge in [-0.1, -0.05) is 19.1 Å². The predicted octanol–water partition coefficient (Wildman–Crippen LogP) is 3.18. The van der Waals surface area contributed by atoms with Crippen molar-refractivity contribution in [3.05, 3.63) is 53.9 Å². The van der Waals surface area contributed by atoms with Crippen LogP contribution in [0.3, 0.4) is 0 Å². The van der Waals surface area contributed by atoms with E-state index in [2.05, 4.69) is 11.9 Å². The SMILES string of the molecule is CCc1ccc(S(=O)(=O)N2CCC(Oc3ccc(C)nc3)CC2)cc1. The number of sulfonamides is 1. The van der Waals surface area contributed by atoms with Gasteiger partial charge in [0.05, 0.1) is 11.1 Å². The number of benzene rings is 1. The molecule has 0 spiro atoms. The second-order valence-electron chi connectivity index (χ2n) is 6.35. The number of nitrogens with zero attached hydrogens (tertiary/aromatic N) is 2. The van der Waals surface area contributed by atoms with Crippen molar-refractivity contribution in [1.82, 2.24) is 9.29 Å². The van der Waals surface area contributed by atoms with Gasteiger partial charge in [0.1, 0.15) is 11.9 Å². The van der Waals surface area contributed by atoms with Crippen molar-refractivity contribution in [2.75, 3.05) is 13.1 Å². The number of ether oxygens (including phenoxy) is 1. The molecule has 2 aromatic rings. The van der Waals surface area contributed by atoms with Crippen LogP contribution in [0.15, 0.2) is 47.5 Å². The van der Waals surface area contributed by atoms with Gasteiger partial charge in [0.2, 0.25) is 10.0 Å². The molecule has 1 aromatic heterocycles. The zero-order valence-electron chi connectivity index (χ0n) is 14.7. The van der Waals surface area contributed by atoms with Crippen LogP contribution < -0.4 is 4.74 Å². The molecule has 5 nitrogen and oxygen atoms in total. The van der Waals surface area contributed by atoms with E-state index in [1.54, 1.807) is 22.6 Å². The standard InChI is InChI=1S/C19H24N2O3S/c1-3-16-5-8-19(9-6-16)25(22,23)21-12-10-17(11-13-21)24-18-7-4-15(2)20-14-18/h4-9,14,17H,3,10-13H2,1-2H3. The van der Waals surface area contributed by atoms with Crippen molar-refractivity contribution in [3.8, 4) is 5.75 Å². The molecule has 0 radical (unpaired) electrons. The number of pyridine rings is 1. The first-order valence-electron chi connectivity index (χ1n) is 8.67. The van der Waals surface area contributed by atoms with Gasteiger partial charge >= 0.3 is 0 Å². The minimum Gasteiger partial charge on any atom is -0.489 e. The van der Waals surface area contributed by atoms with E-state index in [9.17, 15) is 8.42 Å². The van der Waals surface area contributed by atoms with Crippen molar-refractivity contribution in [2.45, 2.75) is 44.1 Å². The summed E-state index contributed by atoms with van der Waals surface area (Å²) in [5.41, 5.74) is 2.08. The molecule has 0 unspecified atom stereocenters. The summed E-state index contributed by atoms with van der Waals surface area (Å²) in [6.07, 6.45) is 4.00. The molecule has 0 saturated carbocycles. The summed E-state index contributed by atoms with van der Waals surface area (Å²) in [7, 11) is -3.42. The Morgan fingerprint density at radius 2 is 1.80 bits per heavy atom. The lowest BCUT2D eigenvalue weighted by molar-refractivity contribution is 0.134. The van der Waals surface area contributed by atoms with Crippen LogP contribution in [0.5, 0.6) is 5.75 Å². The highest BCUT2D eigenvalue weighted by molar-refractivity contribution is 7.89. The Balaban J connectivity index is 1.61. The molecule has 1 aromatic carbocycles. The van der Waals surface area contributed by atoms with Gasteiger partial charge in [-0.3, -0.25) is 4.98 Å². The normalized spacial score (nSPS) is 16.7. The van der Waals surface area contributed by atoms with E-state index in [1.807, 2.05) is 31.2 Å². The molecule has 0 bridgehead atoms. The maximum atomic E-state index is 12.8. The molecule has 2 heterocycles. The Hall–Kier alpha value is -1.92. The van der Waals surface area contributed by atoms with Crippen LogP contribution in [0.25, 0.3) is 0 Å². The number of piperidine rings is 1. The molecular formula is C19H24N2O3S. The first-order chi connectivity index (χ1) is 12.0. The second-order valence-corrected chi connectivity index (χ2v) is 8.29. The molecule has 0 amide bonds. The Morgan fingerprint density at radius 3 is 2.36 bits per heavy atom. The van der Waals surface area contributed by atoms with Crippen LogP contribution in [-0.2, 0) is 16.4 Å². The third-order valence-electron chi connectivity index (χ3n) is 4.56. The van der Waals surface area contributed by atoms with Gasteiger partial charge in [0, 0.05) is 18.8 Å². The Morgan fingerprint density at radius 1 is 1.12 bits per heavy atom. The van der Waals surface area contributed by atoms with Crippen LogP contribution in [0.1, 0.15) is 31.0 Å². The van der Waals surface area contributed by atoms with E-state index >= 15 is 0 Å². The molecule has 1 aliphatic heterocycles. The average Bonchev–Trinajstić information content (AvgIpc) is 2.64. The van der Waals surface area contributed by atoms with E-state index in [-0.39, 0.29) is 6.10 Å². The second kappa shape index (κ2) is 7.54. The largest absolute Gasteiger partial charge is 0.489 e. The number of hydrogen-bond donors (Lipinski definition) is 0. The summed E-state index contributed by atoms with van der Waals surface area (Å²) in [6.45, 7) is 4.93. The van der Waals surface area contributed by atoms with Gasteiger partial charge in [-0.05, 0) is 56.0 Å². The molecule has 134 valence electrons. The topological polar surface area (TPSA) is 59.5 Å². The van der Waals surface area contributed by atoms with Crippen molar-refractivity contribution in [2.24, 2.45) is 0 Å². The fourth-order valence-corrected chi connectivity index (χ4v) is 4.42. The maximum Gasteiger partial charge on any atom is 0.243 e. The highest BCUT2D eigenvalue weighted by Crippen LogP contribution is 2.24. The van der Waals surface area contributed by atoms with Crippen molar-refractivity contribution in [1.29, 1.82) is 0 Å². The number of aromatic nitrogens is 1. The summed E-state index contributed by atoms with van der Waals surface area (Å²) in [4.78, 5) is 4.59. The summed E-state index contributed by atoms with van der Waals surface area (Å²) < 4.78 is 33.0. The Kier molecular flexibility index (Phi) is 5.39. The molecule has 1 aliphatic rings. The molecule has 0 N–H and O–H groups in total.